The Morgan fingerprint density at radius 3 is 2.75 bits per heavy atom. The molecule has 1 aromatic carbocycles. The van der Waals surface area contributed by atoms with Gasteiger partial charge in [-0.05, 0) is 37.8 Å². The second-order valence-electron chi connectivity index (χ2n) is 7.54. The van der Waals surface area contributed by atoms with E-state index in [2.05, 4.69) is 10.1 Å². The lowest BCUT2D eigenvalue weighted by molar-refractivity contribution is -0.306. The van der Waals surface area contributed by atoms with Crippen molar-refractivity contribution >= 4 is 34.7 Å². The first-order valence-electron chi connectivity index (χ1n) is 10.2. The zero-order chi connectivity index (χ0) is 23.3. The third-order valence-corrected chi connectivity index (χ3v) is 5.60. The molecule has 0 radical (unpaired) electrons. The minimum absolute atomic E-state index is 0.102. The maximum Gasteiger partial charge on any atom is 0.572 e. The number of rotatable bonds is 6. The molecule has 1 atom stereocenters. The van der Waals surface area contributed by atoms with E-state index < -0.39 is 12.4 Å². The SMILES string of the molecule is COCC(=O)N1CCCCC1C(=O)Nc1ccc(C2=C(OC(F)(F)F)CCC=C2)c(Cl)c1. The van der Waals surface area contributed by atoms with Crippen molar-refractivity contribution in [1.82, 2.24) is 4.90 Å². The van der Waals surface area contributed by atoms with Crippen molar-refractivity contribution in [3.63, 3.8) is 0 Å². The number of anilines is 1. The number of hydrogen-bond donors (Lipinski definition) is 1. The molecule has 0 bridgehead atoms. The van der Waals surface area contributed by atoms with Crippen LogP contribution in [-0.4, -0.2) is 49.4 Å². The highest BCUT2D eigenvalue weighted by molar-refractivity contribution is 6.33. The normalized spacial score (nSPS) is 19.2. The maximum atomic E-state index is 12.8. The average molecular weight is 473 g/mol. The Hall–Kier alpha value is -2.52. The fourth-order valence-corrected chi connectivity index (χ4v) is 4.16. The Balaban J connectivity index is 1.78. The highest BCUT2D eigenvalue weighted by Crippen LogP contribution is 2.36. The number of carbonyl (C=O) groups is 2. The van der Waals surface area contributed by atoms with Gasteiger partial charge in [0.1, 0.15) is 18.4 Å². The number of allylic oxidation sites excluding steroid dienone is 4. The largest absolute Gasteiger partial charge is 0.572 e. The molecule has 32 heavy (non-hydrogen) atoms. The molecule has 3 rings (SSSR count). The third kappa shape index (κ3) is 6.04. The Labute approximate surface area is 189 Å². The maximum absolute atomic E-state index is 12.8. The van der Waals surface area contributed by atoms with E-state index in [1.165, 1.54) is 24.1 Å². The standard InChI is InChI=1S/C22H24ClF3N2O4/c1-31-13-20(29)28-11-5-4-7-18(28)21(30)27-14-9-10-15(17(23)12-14)16-6-2-3-8-19(16)32-22(24,25)26/h2,6,9-10,12,18H,3-5,7-8,11,13H2,1H3,(H,27,30). The fourth-order valence-electron chi connectivity index (χ4n) is 3.87. The number of hydrogen-bond acceptors (Lipinski definition) is 4. The summed E-state index contributed by atoms with van der Waals surface area (Å²) in [6.07, 6.45) is 1.20. The molecule has 1 aliphatic heterocycles. The number of nitrogens with one attached hydrogen (secondary N) is 1. The summed E-state index contributed by atoms with van der Waals surface area (Å²) < 4.78 is 47.3. The first-order valence-corrected chi connectivity index (χ1v) is 10.6. The van der Waals surface area contributed by atoms with E-state index >= 15 is 0 Å². The van der Waals surface area contributed by atoms with Crippen LogP contribution in [0.15, 0.2) is 36.1 Å². The molecule has 174 valence electrons. The molecule has 1 aliphatic carbocycles. The first-order chi connectivity index (χ1) is 15.2. The van der Waals surface area contributed by atoms with E-state index in [0.717, 1.165) is 12.8 Å². The van der Waals surface area contributed by atoms with Gasteiger partial charge in [0.2, 0.25) is 11.8 Å². The van der Waals surface area contributed by atoms with Gasteiger partial charge in [-0.25, -0.2) is 0 Å². The third-order valence-electron chi connectivity index (χ3n) is 5.28. The molecular weight excluding hydrogens is 449 g/mol. The number of likely N-dealkylation sites (tertiary alicyclic amines) is 1. The predicted molar refractivity (Wildman–Crippen MR) is 114 cm³/mol. The van der Waals surface area contributed by atoms with Crippen LogP contribution in [0, 0.1) is 0 Å². The Bertz CT molecular complexity index is 930. The number of nitrogens with zero attached hydrogens (tertiary/aromatic N) is 1. The van der Waals surface area contributed by atoms with E-state index in [4.69, 9.17) is 16.3 Å². The fraction of sp³-hybridized carbons (Fsp3) is 0.455. The van der Waals surface area contributed by atoms with Gasteiger partial charge in [0.25, 0.3) is 0 Å². The molecule has 2 aliphatic rings. The quantitative estimate of drug-likeness (QED) is 0.639. The lowest BCUT2D eigenvalue weighted by Gasteiger charge is -2.34. The summed E-state index contributed by atoms with van der Waals surface area (Å²) in [5, 5.41) is 2.93. The van der Waals surface area contributed by atoms with Gasteiger partial charge in [0, 0.05) is 36.9 Å². The number of alkyl halides is 3. The zero-order valence-electron chi connectivity index (χ0n) is 17.5. The lowest BCUT2D eigenvalue weighted by Crippen LogP contribution is -2.51. The van der Waals surface area contributed by atoms with E-state index in [1.54, 1.807) is 18.2 Å². The van der Waals surface area contributed by atoms with Gasteiger partial charge >= 0.3 is 6.36 Å². The number of benzene rings is 1. The van der Waals surface area contributed by atoms with Gasteiger partial charge in [-0.1, -0.05) is 29.8 Å². The summed E-state index contributed by atoms with van der Waals surface area (Å²) >= 11 is 6.35. The van der Waals surface area contributed by atoms with E-state index in [9.17, 15) is 22.8 Å². The van der Waals surface area contributed by atoms with Crippen molar-refractivity contribution in [1.29, 1.82) is 0 Å². The molecular formula is C22H24ClF3N2O4. The Morgan fingerprint density at radius 2 is 2.06 bits per heavy atom. The van der Waals surface area contributed by atoms with Crippen LogP contribution in [0.25, 0.3) is 5.57 Å². The van der Waals surface area contributed by atoms with Crippen LogP contribution in [-0.2, 0) is 19.1 Å². The van der Waals surface area contributed by atoms with Gasteiger partial charge in [-0.3, -0.25) is 9.59 Å². The number of carbonyl (C=O) groups excluding carboxylic acids is 2. The van der Waals surface area contributed by atoms with Crippen LogP contribution < -0.4 is 5.32 Å². The van der Waals surface area contributed by atoms with Crippen LogP contribution in [0.1, 0.15) is 37.7 Å². The topological polar surface area (TPSA) is 67.9 Å². The summed E-state index contributed by atoms with van der Waals surface area (Å²) in [5.74, 6) is -0.807. The molecule has 6 nitrogen and oxygen atoms in total. The summed E-state index contributed by atoms with van der Waals surface area (Å²) in [6.45, 7) is 0.373. The van der Waals surface area contributed by atoms with Crippen molar-refractivity contribution < 1.29 is 32.2 Å². The van der Waals surface area contributed by atoms with Crippen LogP contribution in [0.3, 0.4) is 0 Å². The smallest absolute Gasteiger partial charge is 0.410 e. The molecule has 1 fully saturated rings. The zero-order valence-corrected chi connectivity index (χ0v) is 18.3. The van der Waals surface area contributed by atoms with Gasteiger partial charge in [0.05, 0.1) is 5.02 Å². The van der Waals surface area contributed by atoms with E-state index in [1.807, 2.05) is 0 Å². The lowest BCUT2D eigenvalue weighted by atomic mass is 9.97. The summed E-state index contributed by atoms with van der Waals surface area (Å²) in [5.41, 5.74) is 1.00. The van der Waals surface area contributed by atoms with Crippen molar-refractivity contribution in [2.75, 3.05) is 25.6 Å². The molecule has 1 saturated heterocycles. The number of halogens is 4. The number of methoxy groups -OCH3 is 1. The molecule has 1 unspecified atom stereocenters. The molecule has 0 aromatic heterocycles. The molecule has 1 N–H and O–H groups in total. The summed E-state index contributed by atoms with van der Waals surface area (Å²) in [6, 6.07) is 3.95. The van der Waals surface area contributed by atoms with Crippen molar-refractivity contribution in [3.8, 4) is 0 Å². The van der Waals surface area contributed by atoms with Crippen LogP contribution >= 0.6 is 11.6 Å². The molecule has 2 amide bonds. The number of amides is 2. The Kier molecular flexibility index (Phi) is 7.84. The average Bonchev–Trinajstić information content (AvgIpc) is 2.73. The minimum atomic E-state index is -4.79. The van der Waals surface area contributed by atoms with E-state index in [0.29, 0.717) is 30.6 Å². The van der Waals surface area contributed by atoms with Gasteiger partial charge in [-0.2, -0.15) is 0 Å². The van der Waals surface area contributed by atoms with E-state index in [-0.39, 0.29) is 41.2 Å². The number of piperidine rings is 1. The van der Waals surface area contributed by atoms with Gasteiger partial charge < -0.3 is 19.7 Å². The molecule has 1 aromatic rings. The van der Waals surface area contributed by atoms with Crippen LogP contribution in [0.4, 0.5) is 18.9 Å². The molecule has 10 heteroatoms. The monoisotopic (exact) mass is 472 g/mol. The minimum Gasteiger partial charge on any atom is -0.410 e. The Morgan fingerprint density at radius 1 is 1.28 bits per heavy atom. The van der Waals surface area contributed by atoms with Crippen molar-refractivity contribution in [2.45, 2.75) is 44.5 Å². The first kappa shape index (κ1) is 24.1. The second-order valence-corrected chi connectivity index (χ2v) is 7.95. The highest BCUT2D eigenvalue weighted by atomic mass is 35.5. The summed E-state index contributed by atoms with van der Waals surface area (Å²) in [4.78, 5) is 26.6. The molecule has 0 saturated carbocycles. The predicted octanol–water partition coefficient (Wildman–Crippen LogP) is 4.90. The van der Waals surface area contributed by atoms with Gasteiger partial charge in [0.15, 0.2) is 0 Å². The van der Waals surface area contributed by atoms with Crippen molar-refractivity contribution in [2.24, 2.45) is 0 Å². The van der Waals surface area contributed by atoms with Crippen molar-refractivity contribution in [3.05, 3.63) is 46.7 Å². The number of ether oxygens (including phenoxy) is 2. The molecule has 0 spiro atoms. The summed E-state index contributed by atoms with van der Waals surface area (Å²) in [7, 11) is 1.42. The second kappa shape index (κ2) is 10.4. The van der Waals surface area contributed by atoms with Crippen LogP contribution in [0.5, 0.6) is 0 Å². The van der Waals surface area contributed by atoms with Crippen LogP contribution in [0.2, 0.25) is 5.02 Å². The van der Waals surface area contributed by atoms with Gasteiger partial charge in [-0.15, -0.1) is 13.2 Å². The highest BCUT2D eigenvalue weighted by Gasteiger charge is 2.34. The molecule has 1 heterocycles.